The van der Waals surface area contributed by atoms with Crippen LogP contribution in [0.2, 0.25) is 0 Å². The van der Waals surface area contributed by atoms with E-state index in [1.165, 1.54) is 0 Å². The lowest BCUT2D eigenvalue weighted by Crippen LogP contribution is -2.00. The van der Waals surface area contributed by atoms with Crippen molar-refractivity contribution in [2.45, 2.75) is 12.8 Å². The molecule has 0 aliphatic rings. The van der Waals surface area contributed by atoms with Crippen molar-refractivity contribution in [3.63, 3.8) is 0 Å². The molecule has 6 heteroatoms. The second kappa shape index (κ2) is 3.34. The van der Waals surface area contributed by atoms with Crippen LogP contribution in [0.5, 0.6) is 0 Å². The number of imidazole rings is 1. The number of nitrogens with zero attached hydrogens (tertiary/aromatic N) is 5. The minimum absolute atomic E-state index is 0.725. The van der Waals surface area contributed by atoms with Gasteiger partial charge in [0, 0.05) is 32.3 Å². The van der Waals surface area contributed by atoms with Crippen molar-refractivity contribution in [2.24, 2.45) is 7.05 Å². The molecule has 2 rings (SSSR count). The molecule has 0 bridgehead atoms. The summed E-state index contributed by atoms with van der Waals surface area (Å²) < 4.78 is 1.99. The lowest BCUT2D eigenvalue weighted by molar-refractivity contribution is 0.749. The van der Waals surface area contributed by atoms with E-state index in [0.717, 1.165) is 24.5 Å². The van der Waals surface area contributed by atoms with Crippen molar-refractivity contribution >= 4 is 0 Å². The van der Waals surface area contributed by atoms with Crippen molar-refractivity contribution in [3.05, 3.63) is 24.0 Å². The van der Waals surface area contributed by atoms with Crippen molar-refractivity contribution < 1.29 is 0 Å². The highest BCUT2D eigenvalue weighted by Gasteiger charge is 2.02. The van der Waals surface area contributed by atoms with Gasteiger partial charge in [0.25, 0.3) is 0 Å². The van der Waals surface area contributed by atoms with Crippen LogP contribution in [0.1, 0.15) is 11.6 Å². The Morgan fingerprint density at radius 2 is 2.38 bits per heavy atom. The highest BCUT2D eigenvalue weighted by atomic mass is 15.5. The summed E-state index contributed by atoms with van der Waals surface area (Å²) in [6, 6.07) is 0. The van der Waals surface area contributed by atoms with Crippen molar-refractivity contribution in [2.75, 3.05) is 0 Å². The Morgan fingerprint density at radius 3 is 3.00 bits per heavy atom. The van der Waals surface area contributed by atoms with Gasteiger partial charge in [-0.25, -0.2) is 4.98 Å². The van der Waals surface area contributed by atoms with Gasteiger partial charge in [-0.05, 0) is 0 Å². The fourth-order valence-corrected chi connectivity index (χ4v) is 1.15. The third-order valence-corrected chi connectivity index (χ3v) is 1.88. The normalized spacial score (nSPS) is 10.5. The van der Waals surface area contributed by atoms with E-state index < -0.39 is 0 Å². The quantitative estimate of drug-likeness (QED) is 0.701. The monoisotopic (exact) mass is 178 g/mol. The van der Waals surface area contributed by atoms with Crippen molar-refractivity contribution in [1.29, 1.82) is 0 Å². The molecule has 0 fully saturated rings. The van der Waals surface area contributed by atoms with Crippen LogP contribution in [0.15, 0.2) is 12.4 Å². The Balaban J connectivity index is 1.97. The van der Waals surface area contributed by atoms with Crippen LogP contribution in [0.3, 0.4) is 0 Å². The van der Waals surface area contributed by atoms with E-state index in [-0.39, 0.29) is 0 Å². The van der Waals surface area contributed by atoms with Crippen LogP contribution in [0.25, 0.3) is 0 Å². The second-order valence-electron chi connectivity index (χ2n) is 2.78. The molecule has 2 aromatic rings. The topological polar surface area (TPSA) is 72.3 Å². The molecule has 2 aromatic heterocycles. The molecule has 0 amide bonds. The van der Waals surface area contributed by atoms with E-state index in [4.69, 9.17) is 0 Å². The fourth-order valence-electron chi connectivity index (χ4n) is 1.15. The van der Waals surface area contributed by atoms with Gasteiger partial charge >= 0.3 is 0 Å². The van der Waals surface area contributed by atoms with Gasteiger partial charge in [-0.15, -0.1) is 10.2 Å². The standard InChI is InChI=1S/C7H10N6/c1-13-5-4-8-7(13)3-2-6-9-11-12-10-6/h4-5H,2-3H2,1H3,(H,9,10,11,12). The molecule has 0 saturated heterocycles. The van der Waals surface area contributed by atoms with Gasteiger partial charge in [-0.3, -0.25) is 0 Å². The Morgan fingerprint density at radius 1 is 1.46 bits per heavy atom. The number of hydrogen-bond donors (Lipinski definition) is 1. The van der Waals surface area contributed by atoms with E-state index in [9.17, 15) is 0 Å². The number of nitrogens with one attached hydrogen (secondary N) is 1. The van der Waals surface area contributed by atoms with Gasteiger partial charge < -0.3 is 4.57 Å². The van der Waals surface area contributed by atoms with E-state index in [0.29, 0.717) is 0 Å². The maximum atomic E-state index is 4.19. The summed E-state index contributed by atoms with van der Waals surface area (Å²) in [6.07, 6.45) is 5.31. The summed E-state index contributed by atoms with van der Waals surface area (Å²) in [4.78, 5) is 4.19. The molecule has 1 N–H and O–H groups in total. The van der Waals surface area contributed by atoms with Crippen LogP contribution in [0.4, 0.5) is 0 Å². The molecule has 0 atom stereocenters. The summed E-state index contributed by atoms with van der Waals surface area (Å²) in [6.45, 7) is 0. The molecule has 68 valence electrons. The highest BCUT2D eigenvalue weighted by molar-refractivity contribution is 4.93. The largest absolute Gasteiger partial charge is 0.338 e. The van der Waals surface area contributed by atoms with Gasteiger partial charge in [0.15, 0.2) is 5.82 Å². The van der Waals surface area contributed by atoms with Gasteiger partial charge in [0.05, 0.1) is 0 Å². The zero-order valence-corrected chi connectivity index (χ0v) is 7.30. The van der Waals surface area contributed by atoms with Gasteiger partial charge in [0.2, 0.25) is 0 Å². The fraction of sp³-hybridized carbons (Fsp3) is 0.429. The Bertz CT molecular complexity index is 362. The van der Waals surface area contributed by atoms with Crippen LogP contribution in [0, 0.1) is 0 Å². The zero-order valence-electron chi connectivity index (χ0n) is 7.30. The maximum absolute atomic E-state index is 4.19. The number of aryl methyl sites for hydroxylation is 3. The van der Waals surface area contributed by atoms with Crippen LogP contribution in [-0.2, 0) is 19.9 Å². The average Bonchev–Trinajstić information content (AvgIpc) is 2.72. The van der Waals surface area contributed by atoms with Gasteiger partial charge in [0.1, 0.15) is 5.82 Å². The molecule has 0 radical (unpaired) electrons. The predicted octanol–water partition coefficient (Wildman–Crippen LogP) is -0.282. The first-order valence-electron chi connectivity index (χ1n) is 4.05. The molecular weight excluding hydrogens is 168 g/mol. The van der Waals surface area contributed by atoms with Crippen molar-refractivity contribution in [1.82, 2.24) is 30.2 Å². The first-order valence-corrected chi connectivity index (χ1v) is 4.05. The molecule has 0 aliphatic heterocycles. The maximum Gasteiger partial charge on any atom is 0.175 e. The third kappa shape index (κ3) is 1.71. The molecule has 13 heavy (non-hydrogen) atoms. The SMILES string of the molecule is Cn1ccnc1CCc1nn[nH]n1. The van der Waals surface area contributed by atoms with Gasteiger partial charge in [-0.1, -0.05) is 5.21 Å². The summed E-state index contributed by atoms with van der Waals surface area (Å²) in [5, 5.41) is 13.6. The lowest BCUT2D eigenvalue weighted by atomic mass is 10.3. The second-order valence-corrected chi connectivity index (χ2v) is 2.78. The van der Waals surface area contributed by atoms with Crippen molar-refractivity contribution in [3.8, 4) is 0 Å². The molecule has 6 nitrogen and oxygen atoms in total. The predicted molar refractivity (Wildman–Crippen MR) is 44.8 cm³/mol. The Kier molecular flexibility index (Phi) is 2.03. The van der Waals surface area contributed by atoms with E-state index in [1.54, 1.807) is 6.20 Å². The van der Waals surface area contributed by atoms with Crippen LogP contribution in [-0.4, -0.2) is 30.2 Å². The van der Waals surface area contributed by atoms with Crippen LogP contribution >= 0.6 is 0 Å². The van der Waals surface area contributed by atoms with E-state index >= 15 is 0 Å². The molecule has 0 aliphatic carbocycles. The number of H-pyrrole nitrogens is 1. The smallest absolute Gasteiger partial charge is 0.175 e. The summed E-state index contributed by atoms with van der Waals surface area (Å²) in [5.74, 6) is 1.76. The summed E-state index contributed by atoms with van der Waals surface area (Å²) in [5.41, 5.74) is 0. The molecule has 0 saturated carbocycles. The first-order chi connectivity index (χ1) is 6.36. The molecular formula is C7H10N6. The first kappa shape index (κ1) is 7.90. The Hall–Kier alpha value is -1.72. The highest BCUT2D eigenvalue weighted by Crippen LogP contribution is 1.98. The number of aromatic nitrogens is 6. The minimum Gasteiger partial charge on any atom is -0.338 e. The molecule has 0 aromatic carbocycles. The van der Waals surface area contributed by atoms with E-state index in [1.807, 2.05) is 17.8 Å². The number of rotatable bonds is 3. The minimum atomic E-state index is 0.725. The lowest BCUT2D eigenvalue weighted by Gasteiger charge is -1.97. The number of hydrogen-bond acceptors (Lipinski definition) is 4. The summed E-state index contributed by atoms with van der Waals surface area (Å²) >= 11 is 0. The third-order valence-electron chi connectivity index (χ3n) is 1.88. The molecule has 0 unspecified atom stereocenters. The average molecular weight is 178 g/mol. The zero-order chi connectivity index (χ0) is 9.10. The van der Waals surface area contributed by atoms with Gasteiger partial charge in [-0.2, -0.15) is 5.21 Å². The number of aromatic amines is 1. The van der Waals surface area contributed by atoms with E-state index in [2.05, 4.69) is 25.6 Å². The Labute approximate surface area is 75.0 Å². The summed E-state index contributed by atoms with van der Waals surface area (Å²) in [7, 11) is 1.97. The number of tetrazole rings is 1. The van der Waals surface area contributed by atoms with Crippen LogP contribution < -0.4 is 0 Å². The molecule has 0 spiro atoms. The molecule has 2 heterocycles.